The molecule has 0 bridgehead atoms. The fourth-order valence-electron chi connectivity index (χ4n) is 3.22. The van der Waals surface area contributed by atoms with E-state index < -0.39 is 0 Å². The van der Waals surface area contributed by atoms with Gasteiger partial charge in [-0.3, -0.25) is 4.79 Å². The number of fused-ring (bicyclic) bond motifs is 2. The lowest BCUT2D eigenvalue weighted by Gasteiger charge is -2.04. The average molecular weight is 344 g/mol. The number of carbonyl (C=O) groups is 1. The number of para-hydroxylation sites is 2. The molecule has 130 valence electrons. The van der Waals surface area contributed by atoms with Crippen molar-refractivity contribution in [3.63, 3.8) is 0 Å². The normalized spacial score (nSPS) is 11.9. The van der Waals surface area contributed by atoms with Gasteiger partial charge in [0, 0.05) is 52.4 Å². The molecule has 0 radical (unpaired) electrons. The molecule has 26 heavy (non-hydrogen) atoms. The van der Waals surface area contributed by atoms with Crippen LogP contribution in [0.2, 0.25) is 0 Å². The van der Waals surface area contributed by atoms with Crippen LogP contribution in [0, 0.1) is 0 Å². The monoisotopic (exact) mass is 344 g/mol. The molecule has 0 atom stereocenters. The minimum atomic E-state index is 0.109. The van der Waals surface area contributed by atoms with Crippen molar-refractivity contribution >= 4 is 33.3 Å². The van der Waals surface area contributed by atoms with Crippen molar-refractivity contribution in [3.8, 4) is 0 Å². The van der Waals surface area contributed by atoms with Gasteiger partial charge in [-0.2, -0.15) is 0 Å². The number of hydrogen-bond acceptors (Lipinski definition) is 3. The van der Waals surface area contributed by atoms with E-state index in [4.69, 9.17) is 5.73 Å². The van der Waals surface area contributed by atoms with Gasteiger partial charge in [-0.1, -0.05) is 36.4 Å². The van der Waals surface area contributed by atoms with Gasteiger partial charge in [-0.25, -0.2) is 0 Å². The van der Waals surface area contributed by atoms with Crippen molar-refractivity contribution in [1.82, 2.24) is 15.3 Å². The number of benzene rings is 2. The van der Waals surface area contributed by atoms with E-state index >= 15 is 0 Å². The van der Waals surface area contributed by atoms with Crippen molar-refractivity contribution in [2.75, 3.05) is 6.54 Å². The topological polar surface area (TPSA) is 86.7 Å². The number of Topliss-reactive ketones (excluding diaryl/α,β-unsaturated/α-hetero) is 1. The molecular formula is C21H20N4O. The van der Waals surface area contributed by atoms with Gasteiger partial charge in [0.1, 0.15) is 0 Å². The zero-order chi connectivity index (χ0) is 17.9. The summed E-state index contributed by atoms with van der Waals surface area (Å²) in [4.78, 5) is 18.7. The maximum absolute atomic E-state index is 12.3. The Hall–Kier alpha value is -3.47. The second-order valence-electron chi connectivity index (χ2n) is 6.30. The Morgan fingerprint density at radius 1 is 0.962 bits per heavy atom. The van der Waals surface area contributed by atoms with Gasteiger partial charge in [0.2, 0.25) is 0 Å². The number of aromatic nitrogens is 2. The van der Waals surface area contributed by atoms with Crippen LogP contribution in [0.3, 0.4) is 0 Å². The average Bonchev–Trinajstić information content (AvgIpc) is 3.26. The predicted molar refractivity (Wildman–Crippen MR) is 105 cm³/mol. The quantitative estimate of drug-likeness (QED) is 0.433. The smallest absolute Gasteiger partial charge is 0.156 e. The molecule has 0 saturated carbocycles. The number of ketones is 1. The van der Waals surface area contributed by atoms with Crippen LogP contribution in [-0.2, 0) is 11.2 Å². The lowest BCUT2D eigenvalue weighted by molar-refractivity contribution is -0.117. The fourth-order valence-corrected chi connectivity index (χ4v) is 3.22. The molecule has 2 heterocycles. The van der Waals surface area contributed by atoms with Gasteiger partial charge < -0.3 is 21.0 Å². The fraction of sp³-hybridized carbons (Fsp3) is 0.0952. The SMILES string of the molecule is N/C(=C\NCC(=O)Cc1c[nH]c2ccccc12)c1c[nH]c2ccccc12. The zero-order valence-corrected chi connectivity index (χ0v) is 14.3. The van der Waals surface area contributed by atoms with E-state index in [1.165, 1.54) is 0 Å². The highest BCUT2D eigenvalue weighted by molar-refractivity contribution is 5.92. The Balaban J connectivity index is 1.40. The molecule has 5 N–H and O–H groups in total. The number of hydrogen-bond donors (Lipinski definition) is 4. The summed E-state index contributed by atoms with van der Waals surface area (Å²) in [7, 11) is 0. The summed E-state index contributed by atoms with van der Waals surface area (Å²) in [6.07, 6.45) is 5.87. The second-order valence-corrected chi connectivity index (χ2v) is 6.30. The van der Waals surface area contributed by atoms with Gasteiger partial charge in [-0.05, 0) is 17.7 Å². The van der Waals surface area contributed by atoms with Crippen molar-refractivity contribution in [2.45, 2.75) is 6.42 Å². The van der Waals surface area contributed by atoms with E-state index in [0.29, 0.717) is 12.1 Å². The number of aromatic amines is 2. The highest BCUT2D eigenvalue weighted by Gasteiger charge is 2.09. The van der Waals surface area contributed by atoms with Crippen LogP contribution >= 0.6 is 0 Å². The molecule has 0 saturated heterocycles. The number of carbonyl (C=O) groups excluding carboxylic acids is 1. The molecule has 5 heteroatoms. The van der Waals surface area contributed by atoms with E-state index in [1.807, 2.05) is 60.9 Å². The number of H-pyrrole nitrogens is 2. The Morgan fingerprint density at radius 2 is 1.62 bits per heavy atom. The summed E-state index contributed by atoms with van der Waals surface area (Å²) >= 11 is 0. The molecule has 0 unspecified atom stereocenters. The number of nitrogens with two attached hydrogens (primary N) is 1. The summed E-state index contributed by atoms with van der Waals surface area (Å²) in [6, 6.07) is 16.0. The van der Waals surface area contributed by atoms with E-state index in [2.05, 4.69) is 15.3 Å². The third-order valence-corrected chi connectivity index (χ3v) is 4.52. The highest BCUT2D eigenvalue weighted by Crippen LogP contribution is 2.21. The van der Waals surface area contributed by atoms with E-state index in [1.54, 1.807) is 6.20 Å². The van der Waals surface area contributed by atoms with Gasteiger partial charge in [0.15, 0.2) is 5.78 Å². The van der Waals surface area contributed by atoms with Crippen LogP contribution in [0.1, 0.15) is 11.1 Å². The Morgan fingerprint density at radius 3 is 2.42 bits per heavy atom. The van der Waals surface area contributed by atoms with Crippen LogP contribution in [0.15, 0.2) is 67.1 Å². The molecule has 0 amide bonds. The molecule has 0 spiro atoms. The van der Waals surface area contributed by atoms with Crippen LogP contribution < -0.4 is 11.1 Å². The highest BCUT2D eigenvalue weighted by atomic mass is 16.1. The van der Waals surface area contributed by atoms with Crippen LogP contribution in [0.4, 0.5) is 0 Å². The molecular weight excluding hydrogens is 324 g/mol. The van der Waals surface area contributed by atoms with Crippen LogP contribution in [-0.4, -0.2) is 22.3 Å². The van der Waals surface area contributed by atoms with E-state index in [-0.39, 0.29) is 12.3 Å². The van der Waals surface area contributed by atoms with Gasteiger partial charge in [0.25, 0.3) is 0 Å². The molecule has 2 aromatic heterocycles. The lowest BCUT2D eigenvalue weighted by Crippen LogP contribution is -2.20. The maximum Gasteiger partial charge on any atom is 0.156 e. The van der Waals surface area contributed by atoms with Crippen molar-refractivity contribution in [1.29, 1.82) is 0 Å². The maximum atomic E-state index is 12.3. The summed E-state index contributed by atoms with van der Waals surface area (Å²) < 4.78 is 0. The Kier molecular flexibility index (Phi) is 4.19. The molecule has 4 rings (SSSR count). The minimum absolute atomic E-state index is 0.109. The third-order valence-electron chi connectivity index (χ3n) is 4.52. The first-order valence-electron chi connectivity index (χ1n) is 8.54. The zero-order valence-electron chi connectivity index (χ0n) is 14.3. The standard InChI is InChI=1S/C21H20N4O/c22-19(18-12-25-21-8-4-2-6-17(18)21)13-23-11-15(26)9-14-10-24-20-7-3-1-5-16(14)20/h1-8,10,12-13,23-25H,9,11,22H2/b19-13-. The third kappa shape index (κ3) is 3.07. The first-order chi connectivity index (χ1) is 12.7. The summed E-state index contributed by atoms with van der Waals surface area (Å²) in [5, 5.41) is 5.19. The molecule has 0 aliphatic carbocycles. The van der Waals surface area contributed by atoms with Crippen molar-refractivity contribution < 1.29 is 4.79 Å². The van der Waals surface area contributed by atoms with Gasteiger partial charge in [-0.15, -0.1) is 0 Å². The molecule has 5 nitrogen and oxygen atoms in total. The van der Waals surface area contributed by atoms with Gasteiger partial charge in [0.05, 0.1) is 12.2 Å². The molecule has 0 aliphatic rings. The molecule has 0 aliphatic heterocycles. The largest absolute Gasteiger partial charge is 0.397 e. The predicted octanol–water partition coefficient (Wildman–Crippen LogP) is 3.31. The summed E-state index contributed by atoms with van der Waals surface area (Å²) in [5.74, 6) is 0.109. The summed E-state index contributed by atoms with van der Waals surface area (Å²) in [5.41, 5.74) is 10.8. The second kappa shape index (κ2) is 6.80. The minimum Gasteiger partial charge on any atom is -0.397 e. The first kappa shape index (κ1) is 16.0. The van der Waals surface area contributed by atoms with Crippen LogP contribution in [0.25, 0.3) is 27.5 Å². The Bertz CT molecular complexity index is 1100. The van der Waals surface area contributed by atoms with E-state index in [9.17, 15) is 4.79 Å². The molecule has 4 aromatic rings. The number of nitrogens with one attached hydrogen (secondary N) is 3. The van der Waals surface area contributed by atoms with Gasteiger partial charge >= 0.3 is 0 Å². The number of rotatable bonds is 6. The van der Waals surface area contributed by atoms with Crippen LogP contribution in [0.5, 0.6) is 0 Å². The molecule has 2 aromatic carbocycles. The molecule has 0 fully saturated rings. The van der Waals surface area contributed by atoms with Crippen molar-refractivity contribution in [2.24, 2.45) is 5.73 Å². The summed E-state index contributed by atoms with van der Waals surface area (Å²) in [6.45, 7) is 0.239. The first-order valence-corrected chi connectivity index (χ1v) is 8.54. The van der Waals surface area contributed by atoms with E-state index in [0.717, 1.165) is 32.9 Å². The lowest BCUT2D eigenvalue weighted by atomic mass is 10.1. The van der Waals surface area contributed by atoms with Crippen molar-refractivity contribution in [3.05, 3.63) is 78.3 Å². The Labute approximate surface area is 150 Å².